The Kier molecular flexibility index (Phi) is 4.41. The number of aromatic nitrogens is 2. The van der Waals surface area contributed by atoms with Crippen LogP contribution >= 0.6 is 23.1 Å². The third-order valence-corrected chi connectivity index (χ3v) is 5.40. The Hall–Kier alpha value is -1.91. The van der Waals surface area contributed by atoms with Crippen molar-refractivity contribution in [2.24, 2.45) is 0 Å². The molecule has 1 aliphatic carbocycles. The summed E-state index contributed by atoms with van der Waals surface area (Å²) in [7, 11) is 0. The Morgan fingerprint density at radius 2 is 2.32 bits per heavy atom. The molecular formula is C15H14N4OS2. The van der Waals surface area contributed by atoms with Crippen LogP contribution in [-0.2, 0) is 10.5 Å². The first kappa shape index (κ1) is 15.0. The molecule has 1 saturated carbocycles. The summed E-state index contributed by atoms with van der Waals surface area (Å²) < 4.78 is 0.837. The molecule has 0 unspecified atom stereocenters. The Labute approximate surface area is 137 Å². The van der Waals surface area contributed by atoms with Gasteiger partial charge in [0.05, 0.1) is 11.6 Å². The molecule has 1 aliphatic rings. The van der Waals surface area contributed by atoms with E-state index in [9.17, 15) is 4.79 Å². The van der Waals surface area contributed by atoms with Crippen LogP contribution in [0.2, 0.25) is 0 Å². The molecule has 5 nitrogen and oxygen atoms in total. The van der Waals surface area contributed by atoms with Crippen LogP contribution in [0.25, 0.3) is 0 Å². The fourth-order valence-corrected chi connectivity index (χ4v) is 4.01. The van der Waals surface area contributed by atoms with Gasteiger partial charge in [0.2, 0.25) is 11.0 Å². The van der Waals surface area contributed by atoms with Crippen molar-refractivity contribution in [3.05, 3.63) is 35.4 Å². The summed E-state index contributed by atoms with van der Waals surface area (Å²) in [5.41, 5.74) is 1.74. The number of carbonyl (C=O) groups is 1. The first-order chi connectivity index (χ1) is 10.7. The van der Waals surface area contributed by atoms with Crippen LogP contribution in [-0.4, -0.2) is 22.1 Å². The minimum Gasteiger partial charge on any atom is -0.284 e. The lowest BCUT2D eigenvalue weighted by Gasteiger charge is -2.15. The van der Waals surface area contributed by atoms with Crippen LogP contribution in [0.5, 0.6) is 0 Å². The van der Waals surface area contributed by atoms with E-state index in [1.54, 1.807) is 29.7 Å². The van der Waals surface area contributed by atoms with Crippen LogP contribution in [0.15, 0.2) is 28.6 Å². The van der Waals surface area contributed by atoms with Gasteiger partial charge in [0.15, 0.2) is 4.34 Å². The predicted octanol–water partition coefficient (Wildman–Crippen LogP) is 3.22. The lowest BCUT2D eigenvalue weighted by atomic mass is 10.2. The van der Waals surface area contributed by atoms with Crippen molar-refractivity contribution in [2.45, 2.75) is 35.9 Å². The van der Waals surface area contributed by atoms with Gasteiger partial charge in [-0.25, -0.2) is 0 Å². The molecular weight excluding hydrogens is 316 g/mol. The lowest BCUT2D eigenvalue weighted by Crippen LogP contribution is -2.30. The summed E-state index contributed by atoms with van der Waals surface area (Å²) in [4.78, 5) is 13.5. The molecule has 3 rings (SSSR count). The van der Waals surface area contributed by atoms with Gasteiger partial charge in [-0.3, -0.25) is 9.69 Å². The van der Waals surface area contributed by atoms with Crippen LogP contribution < -0.4 is 4.90 Å². The van der Waals surface area contributed by atoms with E-state index in [1.807, 2.05) is 18.2 Å². The summed E-state index contributed by atoms with van der Waals surface area (Å²) in [5, 5.41) is 17.9. The molecule has 7 heteroatoms. The highest BCUT2D eigenvalue weighted by Gasteiger charge is 2.34. The van der Waals surface area contributed by atoms with Crippen molar-refractivity contribution in [1.82, 2.24) is 10.2 Å². The third-order valence-electron chi connectivity index (χ3n) is 3.27. The van der Waals surface area contributed by atoms with Gasteiger partial charge < -0.3 is 0 Å². The number of nitriles is 1. The maximum Gasteiger partial charge on any atom is 0.225 e. The minimum absolute atomic E-state index is 0.0249. The number of benzene rings is 1. The molecule has 0 aliphatic heterocycles. The second kappa shape index (κ2) is 6.46. The highest BCUT2D eigenvalue weighted by atomic mass is 32.2. The van der Waals surface area contributed by atoms with Crippen LogP contribution in [0.4, 0.5) is 5.13 Å². The van der Waals surface area contributed by atoms with Gasteiger partial charge in [-0.15, -0.1) is 10.2 Å². The average Bonchev–Trinajstić information content (AvgIpc) is 3.23. The van der Waals surface area contributed by atoms with Gasteiger partial charge in [-0.05, 0) is 30.5 Å². The average molecular weight is 330 g/mol. The molecule has 1 amide bonds. The summed E-state index contributed by atoms with van der Waals surface area (Å²) >= 11 is 3.02. The SMILES string of the molecule is CC(=O)N(c1nnc(SCc2cccc(C#N)c2)s1)C1CC1. The minimum atomic E-state index is 0.0249. The van der Waals surface area contributed by atoms with Crippen molar-refractivity contribution in [1.29, 1.82) is 5.26 Å². The molecule has 1 fully saturated rings. The Balaban J connectivity index is 1.66. The first-order valence-electron chi connectivity index (χ1n) is 6.92. The number of anilines is 1. The number of carbonyl (C=O) groups excluding carboxylic acids is 1. The maximum absolute atomic E-state index is 11.7. The molecule has 0 saturated heterocycles. The van der Waals surface area contributed by atoms with Gasteiger partial charge in [0.1, 0.15) is 0 Å². The quantitative estimate of drug-likeness (QED) is 0.622. The van der Waals surface area contributed by atoms with Gasteiger partial charge in [0.25, 0.3) is 0 Å². The van der Waals surface area contributed by atoms with E-state index < -0.39 is 0 Å². The highest BCUT2D eigenvalue weighted by Crippen LogP contribution is 2.36. The maximum atomic E-state index is 11.7. The van der Waals surface area contributed by atoms with Crippen molar-refractivity contribution in [3.8, 4) is 6.07 Å². The van der Waals surface area contributed by atoms with E-state index in [0.717, 1.165) is 28.5 Å². The Morgan fingerprint density at radius 3 is 3.00 bits per heavy atom. The molecule has 0 N–H and O–H groups in total. The van der Waals surface area contributed by atoms with Crippen LogP contribution in [0.1, 0.15) is 30.9 Å². The molecule has 0 spiro atoms. The number of amides is 1. The molecule has 0 bridgehead atoms. The van der Waals surface area contributed by atoms with E-state index in [4.69, 9.17) is 5.26 Å². The van der Waals surface area contributed by atoms with Crippen LogP contribution in [0.3, 0.4) is 0 Å². The van der Waals surface area contributed by atoms with Crippen molar-refractivity contribution < 1.29 is 4.79 Å². The van der Waals surface area contributed by atoms with Crippen LogP contribution in [0, 0.1) is 11.3 Å². The zero-order chi connectivity index (χ0) is 15.5. The van der Waals surface area contributed by atoms with E-state index in [0.29, 0.717) is 16.7 Å². The second-order valence-corrected chi connectivity index (χ2v) is 7.25. The molecule has 1 heterocycles. The smallest absolute Gasteiger partial charge is 0.225 e. The number of hydrogen-bond acceptors (Lipinski definition) is 6. The van der Waals surface area contributed by atoms with Crippen molar-refractivity contribution in [2.75, 3.05) is 4.90 Å². The van der Waals surface area contributed by atoms with E-state index in [-0.39, 0.29) is 5.91 Å². The zero-order valence-corrected chi connectivity index (χ0v) is 13.7. The lowest BCUT2D eigenvalue weighted by molar-refractivity contribution is -0.116. The zero-order valence-electron chi connectivity index (χ0n) is 12.0. The molecule has 2 aromatic rings. The van der Waals surface area contributed by atoms with Crippen molar-refractivity contribution >= 4 is 34.1 Å². The van der Waals surface area contributed by atoms with Crippen molar-refractivity contribution in [3.63, 3.8) is 0 Å². The van der Waals surface area contributed by atoms with Gasteiger partial charge in [-0.2, -0.15) is 5.26 Å². The molecule has 0 radical (unpaired) electrons. The normalized spacial score (nSPS) is 13.6. The predicted molar refractivity (Wildman–Crippen MR) is 86.8 cm³/mol. The molecule has 1 aromatic carbocycles. The summed E-state index contributed by atoms with van der Waals surface area (Å²) in [5.74, 6) is 0.755. The topological polar surface area (TPSA) is 69.9 Å². The largest absolute Gasteiger partial charge is 0.284 e. The highest BCUT2D eigenvalue weighted by molar-refractivity contribution is 8.00. The van der Waals surface area contributed by atoms with Gasteiger partial charge in [-0.1, -0.05) is 35.2 Å². The van der Waals surface area contributed by atoms with Gasteiger partial charge >= 0.3 is 0 Å². The standard InChI is InChI=1S/C15H14N4OS2/c1-10(20)19(13-5-6-13)14-17-18-15(22-14)21-9-12-4-2-3-11(7-12)8-16/h2-4,7,13H,5-6,9H2,1H3. The number of hydrogen-bond donors (Lipinski definition) is 0. The first-order valence-corrected chi connectivity index (χ1v) is 8.72. The summed E-state index contributed by atoms with van der Waals surface area (Å²) in [6, 6.07) is 9.97. The number of nitrogens with zero attached hydrogens (tertiary/aromatic N) is 4. The van der Waals surface area contributed by atoms with E-state index in [1.165, 1.54) is 11.3 Å². The molecule has 112 valence electrons. The van der Waals surface area contributed by atoms with Gasteiger partial charge in [0, 0.05) is 18.7 Å². The monoisotopic (exact) mass is 330 g/mol. The molecule has 22 heavy (non-hydrogen) atoms. The molecule has 1 aromatic heterocycles. The second-order valence-electron chi connectivity index (χ2n) is 5.07. The summed E-state index contributed by atoms with van der Waals surface area (Å²) in [6.07, 6.45) is 2.09. The van der Waals surface area contributed by atoms with E-state index in [2.05, 4.69) is 16.3 Å². The summed E-state index contributed by atoms with van der Waals surface area (Å²) in [6.45, 7) is 1.57. The fraction of sp³-hybridized carbons (Fsp3) is 0.333. The molecule has 0 atom stereocenters. The Bertz CT molecular complexity index is 733. The fourth-order valence-electron chi connectivity index (χ4n) is 2.11. The Morgan fingerprint density at radius 1 is 1.50 bits per heavy atom. The third kappa shape index (κ3) is 3.46. The number of thioether (sulfide) groups is 1. The van der Waals surface area contributed by atoms with E-state index >= 15 is 0 Å². The number of rotatable bonds is 5.